The lowest BCUT2D eigenvalue weighted by molar-refractivity contribution is -0.139. The Labute approximate surface area is 147 Å². The molecule has 0 aromatic heterocycles. The molecule has 0 amide bonds. The highest BCUT2D eigenvalue weighted by atomic mass is 32.2. The summed E-state index contributed by atoms with van der Waals surface area (Å²) in [5, 5.41) is 9.17. The number of carbonyl (C=O) groups is 1. The summed E-state index contributed by atoms with van der Waals surface area (Å²) in [6.07, 6.45) is 2.96. The van der Waals surface area contributed by atoms with Crippen molar-refractivity contribution in [3.63, 3.8) is 0 Å². The molecule has 1 fully saturated rings. The number of unbranched alkanes of at least 4 members (excludes halogenated alkanes) is 1. The van der Waals surface area contributed by atoms with E-state index in [1.807, 2.05) is 6.92 Å². The van der Waals surface area contributed by atoms with Crippen LogP contribution < -0.4 is 9.44 Å². The van der Waals surface area contributed by atoms with Crippen molar-refractivity contribution in [2.24, 2.45) is 0 Å². The van der Waals surface area contributed by atoms with Crippen LogP contribution in [0, 0.1) is 0 Å². The van der Waals surface area contributed by atoms with E-state index in [0.717, 1.165) is 25.3 Å². The fourth-order valence-corrected chi connectivity index (χ4v) is 4.89. The quantitative estimate of drug-likeness (QED) is 0.547. The van der Waals surface area contributed by atoms with Crippen LogP contribution in [0.3, 0.4) is 0 Å². The average molecular weight is 390 g/mol. The molecule has 1 aliphatic rings. The number of carboxylic acid groups (broad SMARTS) is 1. The molecule has 3 N–H and O–H groups in total. The molecule has 0 saturated heterocycles. The van der Waals surface area contributed by atoms with Crippen LogP contribution in [-0.4, -0.2) is 40.0 Å². The maximum absolute atomic E-state index is 12.4. The first-order valence-corrected chi connectivity index (χ1v) is 11.0. The van der Waals surface area contributed by atoms with E-state index in [1.165, 1.54) is 18.2 Å². The number of aliphatic carboxylic acids is 1. The van der Waals surface area contributed by atoms with Crippen molar-refractivity contribution in [1.82, 2.24) is 9.44 Å². The van der Waals surface area contributed by atoms with Gasteiger partial charge in [-0.25, -0.2) is 21.6 Å². The van der Waals surface area contributed by atoms with Crippen LogP contribution in [0.5, 0.6) is 0 Å². The third-order valence-electron chi connectivity index (χ3n) is 3.77. The molecule has 140 valence electrons. The summed E-state index contributed by atoms with van der Waals surface area (Å²) in [6, 6.07) is 3.53. The van der Waals surface area contributed by atoms with Gasteiger partial charge in [-0.2, -0.15) is 4.72 Å². The summed E-state index contributed by atoms with van der Waals surface area (Å²) in [6.45, 7) is 1.87. The van der Waals surface area contributed by atoms with Crippen molar-refractivity contribution >= 4 is 26.0 Å². The molecule has 1 aromatic carbocycles. The van der Waals surface area contributed by atoms with E-state index in [-0.39, 0.29) is 22.3 Å². The van der Waals surface area contributed by atoms with E-state index in [2.05, 4.69) is 9.44 Å². The Kier molecular flexibility index (Phi) is 6.20. The molecule has 0 bridgehead atoms. The minimum atomic E-state index is -4.15. The molecule has 25 heavy (non-hydrogen) atoms. The van der Waals surface area contributed by atoms with Crippen LogP contribution in [0.4, 0.5) is 0 Å². The van der Waals surface area contributed by atoms with E-state index in [0.29, 0.717) is 6.42 Å². The number of carboxylic acids is 1. The maximum atomic E-state index is 12.4. The molecule has 1 atom stereocenters. The van der Waals surface area contributed by atoms with Gasteiger partial charge in [-0.15, -0.1) is 0 Å². The highest BCUT2D eigenvalue weighted by Gasteiger charge is 2.29. The smallest absolute Gasteiger partial charge is 0.321 e. The average Bonchev–Trinajstić information content (AvgIpc) is 3.34. The molecule has 8 nitrogen and oxygen atoms in total. The van der Waals surface area contributed by atoms with Crippen LogP contribution in [0.1, 0.15) is 39.0 Å². The fourth-order valence-electron chi connectivity index (χ4n) is 2.19. The van der Waals surface area contributed by atoms with Crippen LogP contribution >= 0.6 is 0 Å². The van der Waals surface area contributed by atoms with Gasteiger partial charge in [0.15, 0.2) is 0 Å². The van der Waals surface area contributed by atoms with Gasteiger partial charge in [0.2, 0.25) is 20.0 Å². The van der Waals surface area contributed by atoms with Gasteiger partial charge in [-0.3, -0.25) is 4.79 Å². The SMILES string of the molecule is CCCC[C@H](NS(=O)(=O)c1cccc(S(=O)(=O)NC2CC2)c1)C(=O)O. The highest BCUT2D eigenvalue weighted by molar-refractivity contribution is 7.90. The number of sulfonamides is 2. The third-order valence-corrected chi connectivity index (χ3v) is 6.75. The molecule has 1 aliphatic carbocycles. The van der Waals surface area contributed by atoms with Crippen molar-refractivity contribution in [3.8, 4) is 0 Å². The summed E-state index contributed by atoms with van der Waals surface area (Å²) in [7, 11) is -7.95. The Bertz CT molecular complexity index is 831. The first-order chi connectivity index (χ1) is 11.7. The lowest BCUT2D eigenvalue weighted by Crippen LogP contribution is -2.40. The van der Waals surface area contributed by atoms with Gasteiger partial charge in [-0.05, 0) is 37.5 Å². The molecule has 1 saturated carbocycles. The lowest BCUT2D eigenvalue weighted by atomic mass is 10.1. The lowest BCUT2D eigenvalue weighted by Gasteiger charge is -2.15. The normalized spacial score (nSPS) is 16.5. The molecule has 1 aromatic rings. The molecule has 0 spiro atoms. The van der Waals surface area contributed by atoms with Gasteiger partial charge < -0.3 is 5.11 Å². The van der Waals surface area contributed by atoms with Gasteiger partial charge in [0.25, 0.3) is 0 Å². The van der Waals surface area contributed by atoms with Crippen LogP contribution in [0.15, 0.2) is 34.1 Å². The topological polar surface area (TPSA) is 130 Å². The zero-order valence-corrected chi connectivity index (χ0v) is 15.4. The molecule has 2 rings (SSSR count). The highest BCUT2D eigenvalue weighted by Crippen LogP contribution is 2.23. The molecule has 0 radical (unpaired) electrons. The number of nitrogens with one attached hydrogen (secondary N) is 2. The monoisotopic (exact) mass is 390 g/mol. The maximum Gasteiger partial charge on any atom is 0.321 e. The van der Waals surface area contributed by atoms with E-state index in [4.69, 9.17) is 5.11 Å². The zero-order chi connectivity index (χ0) is 18.7. The molecular weight excluding hydrogens is 368 g/mol. The predicted molar refractivity (Wildman–Crippen MR) is 91.1 cm³/mol. The van der Waals surface area contributed by atoms with Gasteiger partial charge in [0.1, 0.15) is 6.04 Å². The Hall–Kier alpha value is -1.49. The Morgan fingerprint density at radius 2 is 1.80 bits per heavy atom. The van der Waals surface area contributed by atoms with Gasteiger partial charge in [0.05, 0.1) is 9.79 Å². The van der Waals surface area contributed by atoms with E-state index in [1.54, 1.807) is 0 Å². The largest absolute Gasteiger partial charge is 0.480 e. The van der Waals surface area contributed by atoms with Gasteiger partial charge in [-0.1, -0.05) is 25.8 Å². The molecule has 10 heteroatoms. The Balaban J connectivity index is 2.23. The van der Waals surface area contributed by atoms with Crippen molar-refractivity contribution in [2.75, 3.05) is 0 Å². The van der Waals surface area contributed by atoms with Crippen LogP contribution in [-0.2, 0) is 24.8 Å². The first-order valence-electron chi connectivity index (χ1n) is 8.03. The number of hydrogen-bond acceptors (Lipinski definition) is 5. The summed E-state index contributed by atoms with van der Waals surface area (Å²) < 4.78 is 53.9. The number of benzene rings is 1. The van der Waals surface area contributed by atoms with Crippen molar-refractivity contribution in [3.05, 3.63) is 24.3 Å². The number of hydrogen-bond donors (Lipinski definition) is 3. The number of rotatable bonds is 10. The minimum Gasteiger partial charge on any atom is -0.480 e. The Morgan fingerprint density at radius 3 is 2.32 bits per heavy atom. The third kappa shape index (κ3) is 5.50. The van der Waals surface area contributed by atoms with Gasteiger partial charge >= 0.3 is 5.97 Å². The second-order valence-electron chi connectivity index (χ2n) is 6.02. The summed E-state index contributed by atoms with van der Waals surface area (Å²) in [5.41, 5.74) is 0. The Morgan fingerprint density at radius 1 is 1.20 bits per heavy atom. The fraction of sp³-hybridized carbons (Fsp3) is 0.533. The van der Waals surface area contributed by atoms with Crippen molar-refractivity contribution in [1.29, 1.82) is 0 Å². The molecular formula is C15H22N2O6S2. The van der Waals surface area contributed by atoms with Gasteiger partial charge in [0, 0.05) is 6.04 Å². The van der Waals surface area contributed by atoms with E-state index < -0.39 is 32.1 Å². The standard InChI is InChI=1S/C15H22N2O6S2/c1-2-3-7-14(15(18)19)17-25(22,23)13-6-4-5-12(10-13)24(20,21)16-11-8-9-11/h4-6,10-11,14,16-17H,2-3,7-9H2,1H3,(H,18,19)/t14-/m0/s1. The molecule has 0 heterocycles. The first kappa shape index (κ1) is 19.8. The molecule has 0 unspecified atom stereocenters. The second-order valence-corrected chi connectivity index (χ2v) is 9.45. The predicted octanol–water partition coefficient (Wildman–Crippen LogP) is 1.05. The van der Waals surface area contributed by atoms with E-state index >= 15 is 0 Å². The summed E-state index contributed by atoms with van der Waals surface area (Å²) in [4.78, 5) is 10.8. The minimum absolute atomic E-state index is 0.103. The van der Waals surface area contributed by atoms with Crippen molar-refractivity contribution < 1.29 is 26.7 Å². The van der Waals surface area contributed by atoms with E-state index in [9.17, 15) is 21.6 Å². The second kappa shape index (κ2) is 7.81. The zero-order valence-electron chi connectivity index (χ0n) is 13.8. The summed E-state index contributed by atoms with van der Waals surface area (Å²) in [5.74, 6) is -1.27. The van der Waals surface area contributed by atoms with Crippen molar-refractivity contribution in [2.45, 2.75) is 60.9 Å². The van der Waals surface area contributed by atoms with Crippen LogP contribution in [0.25, 0.3) is 0 Å². The van der Waals surface area contributed by atoms with Crippen LogP contribution in [0.2, 0.25) is 0 Å². The molecule has 0 aliphatic heterocycles. The summed E-state index contributed by atoms with van der Waals surface area (Å²) >= 11 is 0.